The number of nitrogens with zero attached hydrogens (tertiary/aromatic N) is 2. The van der Waals surface area contributed by atoms with E-state index in [1.165, 1.54) is 12.3 Å². The number of rotatable bonds is 3. The number of hydrogen-bond acceptors (Lipinski definition) is 4. The van der Waals surface area contributed by atoms with Gasteiger partial charge in [0.05, 0.1) is 0 Å². The average Bonchev–Trinajstić information content (AvgIpc) is 2.44. The highest BCUT2D eigenvalue weighted by Gasteiger charge is 2.13. The van der Waals surface area contributed by atoms with Crippen molar-refractivity contribution in [3.8, 4) is 11.6 Å². The minimum atomic E-state index is -0.116. The predicted molar refractivity (Wildman–Crippen MR) is 78.0 cm³/mol. The zero-order valence-corrected chi connectivity index (χ0v) is 12.0. The molecule has 1 aromatic heterocycles. The van der Waals surface area contributed by atoms with Gasteiger partial charge >= 0.3 is 0 Å². The average molecular weight is 312 g/mol. The molecule has 0 fully saturated rings. The number of pyridine rings is 1. The highest BCUT2D eigenvalue weighted by atomic mass is 35.5. The lowest BCUT2D eigenvalue weighted by molar-refractivity contribution is 0.318. The number of nitrogens with two attached hydrogens (primary N) is 1. The van der Waals surface area contributed by atoms with E-state index in [4.69, 9.17) is 38.9 Å². The first-order valence-electron chi connectivity index (χ1n) is 5.59. The molecule has 0 aliphatic carbocycles. The van der Waals surface area contributed by atoms with Crippen LogP contribution in [0.5, 0.6) is 11.6 Å². The molecule has 0 saturated heterocycles. The van der Waals surface area contributed by atoms with Crippen LogP contribution in [-0.4, -0.2) is 16.0 Å². The largest absolute Gasteiger partial charge is 0.438 e. The van der Waals surface area contributed by atoms with Crippen molar-refractivity contribution in [1.82, 2.24) is 4.98 Å². The number of aryl methyl sites for hydroxylation is 1. The Bertz CT molecular complexity index is 675. The highest BCUT2D eigenvalue weighted by molar-refractivity contribution is 6.35. The summed E-state index contributed by atoms with van der Waals surface area (Å²) in [5.74, 6) is 0.588. The molecule has 1 heterocycles. The van der Waals surface area contributed by atoms with Gasteiger partial charge in [-0.2, -0.15) is 0 Å². The molecule has 1 aromatic carbocycles. The van der Waals surface area contributed by atoms with Crippen LogP contribution in [0, 0.1) is 6.92 Å². The lowest BCUT2D eigenvalue weighted by atomic mass is 10.2. The van der Waals surface area contributed by atoms with Gasteiger partial charge in [0.2, 0.25) is 5.88 Å². The molecule has 0 atom stereocenters. The second-order valence-corrected chi connectivity index (χ2v) is 4.76. The first-order valence-corrected chi connectivity index (χ1v) is 6.35. The lowest BCUT2D eigenvalue weighted by Crippen LogP contribution is -2.14. The number of amidine groups is 1. The summed E-state index contributed by atoms with van der Waals surface area (Å²) in [6.07, 6.45) is 1.46. The molecule has 104 valence electrons. The van der Waals surface area contributed by atoms with Crippen LogP contribution < -0.4 is 10.5 Å². The van der Waals surface area contributed by atoms with Crippen LogP contribution in [0.1, 0.15) is 11.1 Å². The summed E-state index contributed by atoms with van der Waals surface area (Å²) in [6.45, 7) is 1.86. The van der Waals surface area contributed by atoms with Gasteiger partial charge in [-0.15, -0.1) is 0 Å². The normalized spacial score (nSPS) is 11.4. The van der Waals surface area contributed by atoms with E-state index < -0.39 is 0 Å². The Morgan fingerprint density at radius 3 is 2.75 bits per heavy atom. The van der Waals surface area contributed by atoms with E-state index in [1.54, 1.807) is 18.2 Å². The molecule has 7 heteroatoms. The molecule has 0 bridgehead atoms. The number of halogens is 2. The number of aromatic nitrogens is 1. The molecule has 0 aliphatic heterocycles. The maximum atomic E-state index is 8.69. The van der Waals surface area contributed by atoms with E-state index in [0.717, 1.165) is 5.56 Å². The molecule has 2 rings (SSSR count). The van der Waals surface area contributed by atoms with Crippen LogP contribution in [0.3, 0.4) is 0 Å². The Labute approximate surface area is 125 Å². The summed E-state index contributed by atoms with van der Waals surface area (Å²) >= 11 is 12.1. The minimum Gasteiger partial charge on any atom is -0.438 e. The Morgan fingerprint density at radius 1 is 1.35 bits per heavy atom. The third-order valence-corrected chi connectivity index (χ3v) is 3.37. The van der Waals surface area contributed by atoms with E-state index in [0.29, 0.717) is 16.3 Å². The fraction of sp³-hybridized carbons (Fsp3) is 0.0769. The highest BCUT2D eigenvalue weighted by Crippen LogP contribution is 2.31. The molecule has 0 aliphatic rings. The van der Waals surface area contributed by atoms with Gasteiger partial charge in [0.25, 0.3) is 0 Å². The fourth-order valence-electron chi connectivity index (χ4n) is 1.54. The Morgan fingerprint density at radius 2 is 2.10 bits per heavy atom. The Hall–Kier alpha value is -1.98. The second kappa shape index (κ2) is 5.98. The van der Waals surface area contributed by atoms with E-state index in [1.807, 2.05) is 6.92 Å². The first kappa shape index (κ1) is 14.4. The molecule has 20 heavy (non-hydrogen) atoms. The summed E-state index contributed by atoms with van der Waals surface area (Å²) < 4.78 is 5.59. The van der Waals surface area contributed by atoms with E-state index in [2.05, 4.69) is 10.1 Å². The van der Waals surface area contributed by atoms with Crippen molar-refractivity contribution in [3.63, 3.8) is 0 Å². The lowest BCUT2D eigenvalue weighted by Gasteiger charge is -2.10. The standard InChI is InChI=1S/C13H11Cl2N3O2/c1-7-6-8(2-3-10(7)14)20-13-11(15)9(4-5-17-13)12(16)18-19/h2-6,19H,1H3,(H2,16,18). The van der Waals surface area contributed by atoms with Crippen molar-refractivity contribution in [1.29, 1.82) is 0 Å². The van der Waals surface area contributed by atoms with Gasteiger partial charge in [-0.3, -0.25) is 0 Å². The van der Waals surface area contributed by atoms with E-state index in [-0.39, 0.29) is 16.7 Å². The van der Waals surface area contributed by atoms with Gasteiger partial charge in [0.15, 0.2) is 5.84 Å². The van der Waals surface area contributed by atoms with Crippen molar-refractivity contribution < 1.29 is 9.94 Å². The SMILES string of the molecule is Cc1cc(Oc2nccc(/C(N)=N/O)c2Cl)ccc1Cl. The first-order chi connectivity index (χ1) is 9.52. The van der Waals surface area contributed by atoms with E-state index in [9.17, 15) is 0 Å². The number of benzene rings is 1. The Kier molecular flexibility index (Phi) is 4.32. The van der Waals surface area contributed by atoms with Gasteiger partial charge in [0, 0.05) is 16.8 Å². The second-order valence-electron chi connectivity index (χ2n) is 3.98. The maximum Gasteiger partial charge on any atom is 0.238 e. The van der Waals surface area contributed by atoms with Gasteiger partial charge < -0.3 is 15.7 Å². The minimum absolute atomic E-state index is 0.116. The zero-order chi connectivity index (χ0) is 14.7. The van der Waals surface area contributed by atoms with Crippen LogP contribution in [0.25, 0.3) is 0 Å². The smallest absolute Gasteiger partial charge is 0.238 e. The van der Waals surface area contributed by atoms with Crippen LogP contribution in [0.15, 0.2) is 35.6 Å². The summed E-state index contributed by atoms with van der Waals surface area (Å²) in [6, 6.07) is 6.70. The van der Waals surface area contributed by atoms with Gasteiger partial charge in [-0.1, -0.05) is 28.4 Å². The fourth-order valence-corrected chi connectivity index (χ4v) is 1.90. The zero-order valence-electron chi connectivity index (χ0n) is 10.5. The monoisotopic (exact) mass is 311 g/mol. The molecular formula is C13H11Cl2N3O2. The summed E-state index contributed by atoms with van der Waals surface area (Å²) in [4.78, 5) is 4.02. The molecule has 3 N–H and O–H groups in total. The van der Waals surface area contributed by atoms with Crippen molar-refractivity contribution in [2.24, 2.45) is 10.9 Å². The third-order valence-electron chi connectivity index (χ3n) is 2.58. The van der Waals surface area contributed by atoms with Crippen LogP contribution in [0.4, 0.5) is 0 Å². The molecule has 0 unspecified atom stereocenters. The van der Waals surface area contributed by atoms with Gasteiger partial charge in [-0.05, 0) is 36.8 Å². The molecule has 0 amide bonds. The quantitative estimate of drug-likeness (QED) is 0.393. The van der Waals surface area contributed by atoms with Gasteiger partial charge in [0.1, 0.15) is 10.8 Å². The van der Waals surface area contributed by atoms with Crippen molar-refractivity contribution in [2.45, 2.75) is 6.92 Å². The van der Waals surface area contributed by atoms with E-state index >= 15 is 0 Å². The Balaban J connectivity index is 2.36. The number of oxime groups is 1. The predicted octanol–water partition coefficient (Wildman–Crippen LogP) is 3.58. The van der Waals surface area contributed by atoms with Crippen molar-refractivity contribution in [3.05, 3.63) is 51.6 Å². The third kappa shape index (κ3) is 2.95. The molecule has 0 radical (unpaired) electrons. The van der Waals surface area contributed by atoms with Crippen LogP contribution in [0.2, 0.25) is 10.0 Å². The molecule has 2 aromatic rings. The molecule has 0 saturated carbocycles. The molecular weight excluding hydrogens is 301 g/mol. The summed E-state index contributed by atoms with van der Waals surface area (Å²) in [7, 11) is 0. The van der Waals surface area contributed by atoms with Crippen molar-refractivity contribution in [2.75, 3.05) is 0 Å². The van der Waals surface area contributed by atoms with Crippen LogP contribution in [-0.2, 0) is 0 Å². The van der Waals surface area contributed by atoms with Gasteiger partial charge in [-0.25, -0.2) is 4.98 Å². The number of ether oxygens (including phenoxy) is 1. The van der Waals surface area contributed by atoms with Crippen LogP contribution >= 0.6 is 23.2 Å². The summed E-state index contributed by atoms with van der Waals surface area (Å²) in [5.41, 5.74) is 6.72. The van der Waals surface area contributed by atoms with Crippen molar-refractivity contribution >= 4 is 29.0 Å². The number of hydrogen-bond donors (Lipinski definition) is 2. The molecule has 0 spiro atoms. The topological polar surface area (TPSA) is 80.7 Å². The summed E-state index contributed by atoms with van der Waals surface area (Å²) in [5, 5.41) is 12.4. The molecule has 5 nitrogen and oxygen atoms in total. The maximum absolute atomic E-state index is 8.69.